The zero-order chi connectivity index (χ0) is 41.9. The van der Waals surface area contributed by atoms with Crippen molar-refractivity contribution in [3.05, 3.63) is 119 Å². The summed E-state index contributed by atoms with van der Waals surface area (Å²) in [6.45, 7) is 1.82. The highest BCUT2D eigenvalue weighted by atomic mass is 16.7. The van der Waals surface area contributed by atoms with Crippen LogP contribution in [0.25, 0.3) is 0 Å². The van der Waals surface area contributed by atoms with Crippen LogP contribution in [-0.2, 0) is 45.1 Å². The molecule has 0 fully saturated rings. The molecule has 0 atom stereocenters. The van der Waals surface area contributed by atoms with Gasteiger partial charge in [-0.05, 0) is 97.7 Å². The van der Waals surface area contributed by atoms with Crippen LogP contribution in [0.2, 0.25) is 0 Å². The van der Waals surface area contributed by atoms with E-state index in [1.165, 1.54) is 0 Å². The van der Waals surface area contributed by atoms with E-state index >= 15 is 0 Å². The first-order valence-corrected chi connectivity index (χ1v) is 19.4. The minimum Gasteiger partial charge on any atom is -0.497 e. The van der Waals surface area contributed by atoms with E-state index in [2.05, 4.69) is 4.90 Å². The highest BCUT2D eigenvalue weighted by molar-refractivity contribution is 5.68. The van der Waals surface area contributed by atoms with Crippen molar-refractivity contribution in [1.29, 1.82) is 0 Å². The first kappa shape index (κ1) is 45.2. The van der Waals surface area contributed by atoms with Crippen molar-refractivity contribution in [2.75, 3.05) is 93.1 Å². The van der Waals surface area contributed by atoms with Gasteiger partial charge in [0.15, 0.2) is 13.6 Å². The maximum Gasteiger partial charge on any atom is 0.412 e. The molecule has 0 saturated carbocycles. The summed E-state index contributed by atoms with van der Waals surface area (Å²) in [6.07, 6.45) is 0.410. The number of methoxy groups -OCH3 is 2. The Morgan fingerprint density at radius 2 is 0.897 bits per heavy atom. The Morgan fingerprint density at radius 3 is 1.24 bits per heavy atom. The monoisotopic (exact) mass is 799 g/mol. The molecule has 13 nitrogen and oxygen atoms in total. The highest BCUT2D eigenvalue weighted by Crippen LogP contribution is 2.21. The van der Waals surface area contributed by atoms with Gasteiger partial charge in [0.25, 0.3) is 0 Å². The molecule has 2 amide bonds. The van der Waals surface area contributed by atoms with Crippen LogP contribution in [0.4, 0.5) is 21.0 Å². The number of anilines is 2. The van der Waals surface area contributed by atoms with Gasteiger partial charge in [-0.1, -0.05) is 48.5 Å². The Morgan fingerprint density at radius 1 is 0.517 bits per heavy atom. The summed E-state index contributed by atoms with van der Waals surface area (Å²) in [5, 5.41) is 0. The molecule has 0 aliphatic rings. The van der Waals surface area contributed by atoms with Gasteiger partial charge < -0.3 is 43.1 Å². The van der Waals surface area contributed by atoms with E-state index in [0.29, 0.717) is 52.2 Å². The van der Waals surface area contributed by atoms with Crippen molar-refractivity contribution in [1.82, 2.24) is 14.7 Å². The van der Waals surface area contributed by atoms with Crippen molar-refractivity contribution < 1.29 is 38.0 Å². The number of rotatable bonds is 23. The van der Waals surface area contributed by atoms with Crippen LogP contribution in [0.5, 0.6) is 11.5 Å². The van der Waals surface area contributed by atoms with Gasteiger partial charge in [0.2, 0.25) is 0 Å². The van der Waals surface area contributed by atoms with Crippen molar-refractivity contribution in [3.63, 3.8) is 0 Å². The number of hydrogen-bond donors (Lipinski definition) is 0. The van der Waals surface area contributed by atoms with Gasteiger partial charge in [-0.3, -0.25) is 9.80 Å². The molecule has 0 aromatic heterocycles. The fraction of sp³-hybridized carbons (Fsp3) is 0.422. The first-order valence-electron chi connectivity index (χ1n) is 19.4. The third-order valence-corrected chi connectivity index (χ3v) is 9.64. The number of benzene rings is 4. The average molecular weight is 800 g/mol. The Kier molecular flexibility index (Phi) is 18.4. The molecule has 314 valence electrons. The summed E-state index contributed by atoms with van der Waals surface area (Å²) in [7, 11) is 15.2. The predicted molar refractivity (Wildman–Crippen MR) is 227 cm³/mol. The Labute approximate surface area is 344 Å². The van der Waals surface area contributed by atoms with E-state index in [1.54, 1.807) is 24.0 Å². The van der Waals surface area contributed by atoms with E-state index in [-0.39, 0.29) is 19.6 Å². The Bertz CT molecular complexity index is 1690. The maximum absolute atomic E-state index is 13.3. The highest BCUT2D eigenvalue weighted by Gasteiger charge is 2.19. The molecular weight excluding hydrogens is 739 g/mol. The SMILES string of the molecule is COc1cccc(CN(Cc2ccc(N(C)C)cc2)C(=O)OCOCCC(CCOCOC(=O)N(Cc2ccc(N(C)C)cc2)Cc2cccc(OC)c2)N(C)C)c1. The molecule has 0 radical (unpaired) electrons. The lowest BCUT2D eigenvalue weighted by Gasteiger charge is -2.25. The number of carbonyl (C=O) groups is 2. The number of amides is 2. The van der Waals surface area contributed by atoms with E-state index in [1.807, 2.05) is 149 Å². The third kappa shape index (κ3) is 15.1. The summed E-state index contributed by atoms with van der Waals surface area (Å²) < 4.78 is 33.5. The zero-order valence-electron chi connectivity index (χ0n) is 35.4. The quantitative estimate of drug-likeness (QED) is 0.0551. The molecule has 4 rings (SSSR count). The zero-order valence-corrected chi connectivity index (χ0v) is 35.4. The second kappa shape index (κ2) is 23.7. The van der Waals surface area contributed by atoms with Crippen LogP contribution in [0, 0.1) is 0 Å². The van der Waals surface area contributed by atoms with Crippen LogP contribution in [0.3, 0.4) is 0 Å². The van der Waals surface area contributed by atoms with Crippen molar-refractivity contribution in [2.45, 2.75) is 45.1 Å². The van der Waals surface area contributed by atoms with Crippen molar-refractivity contribution in [2.24, 2.45) is 0 Å². The lowest BCUT2D eigenvalue weighted by atomic mass is 10.1. The van der Waals surface area contributed by atoms with E-state index in [9.17, 15) is 9.59 Å². The van der Waals surface area contributed by atoms with E-state index < -0.39 is 12.2 Å². The molecule has 0 bridgehead atoms. The average Bonchev–Trinajstić information content (AvgIpc) is 3.22. The van der Waals surface area contributed by atoms with Gasteiger partial charge in [0.05, 0.1) is 27.4 Å². The van der Waals surface area contributed by atoms with Crippen LogP contribution in [0.15, 0.2) is 97.1 Å². The Hall–Kier alpha value is -5.50. The van der Waals surface area contributed by atoms with Crippen LogP contribution in [0.1, 0.15) is 35.1 Å². The molecule has 4 aromatic carbocycles. The van der Waals surface area contributed by atoms with E-state index in [0.717, 1.165) is 45.1 Å². The second-order valence-electron chi connectivity index (χ2n) is 14.6. The van der Waals surface area contributed by atoms with Crippen molar-refractivity contribution >= 4 is 23.6 Å². The fourth-order valence-electron chi connectivity index (χ4n) is 6.18. The predicted octanol–water partition coefficient (Wildman–Crippen LogP) is 7.47. The minimum absolute atomic E-state index is 0.121. The first-order chi connectivity index (χ1) is 27.9. The molecule has 4 aromatic rings. The molecule has 13 heteroatoms. The summed E-state index contributed by atoms with van der Waals surface area (Å²) in [5.41, 5.74) is 5.95. The number of ether oxygens (including phenoxy) is 6. The maximum atomic E-state index is 13.3. The Balaban J connectivity index is 1.23. The van der Waals surface area contributed by atoms with Gasteiger partial charge in [0.1, 0.15) is 11.5 Å². The summed E-state index contributed by atoms with van der Waals surface area (Å²) in [6, 6.07) is 31.5. The molecule has 0 aliphatic carbocycles. The van der Waals surface area contributed by atoms with Crippen molar-refractivity contribution in [3.8, 4) is 11.5 Å². The normalized spacial score (nSPS) is 11.0. The van der Waals surface area contributed by atoms with Gasteiger partial charge in [0, 0.05) is 71.8 Å². The van der Waals surface area contributed by atoms with Crippen LogP contribution in [-0.4, -0.2) is 116 Å². The van der Waals surface area contributed by atoms with Crippen LogP contribution >= 0.6 is 0 Å². The van der Waals surface area contributed by atoms with Gasteiger partial charge in [-0.2, -0.15) is 0 Å². The molecule has 0 N–H and O–H groups in total. The smallest absolute Gasteiger partial charge is 0.412 e. The third-order valence-electron chi connectivity index (χ3n) is 9.64. The van der Waals surface area contributed by atoms with Gasteiger partial charge >= 0.3 is 12.2 Å². The number of nitrogens with zero attached hydrogens (tertiary/aromatic N) is 5. The molecule has 0 spiro atoms. The lowest BCUT2D eigenvalue weighted by molar-refractivity contribution is -0.0421. The van der Waals surface area contributed by atoms with Gasteiger partial charge in [-0.25, -0.2) is 9.59 Å². The second-order valence-corrected chi connectivity index (χ2v) is 14.6. The molecule has 0 unspecified atom stereocenters. The fourth-order valence-corrected chi connectivity index (χ4v) is 6.18. The standard InChI is InChI=1S/C45H61N5O8/c1-46(2)39-19-15-35(16-20-39)29-49(31-37-11-9-13-42(27-37)53-7)44(51)57-33-55-25-23-41(48(5)6)24-26-56-34-58-45(52)50(32-38-12-10-14-43(28-38)54-8)30-36-17-21-40(22-18-36)47(3)4/h9-22,27-28,41H,23-26,29-34H2,1-8H3. The molecular formula is C45H61N5O8. The molecule has 58 heavy (non-hydrogen) atoms. The lowest BCUT2D eigenvalue weighted by Crippen LogP contribution is -2.33. The minimum atomic E-state index is -0.476. The van der Waals surface area contributed by atoms with E-state index in [4.69, 9.17) is 28.4 Å². The summed E-state index contributed by atoms with van der Waals surface area (Å²) in [4.78, 5) is 36.1. The van der Waals surface area contributed by atoms with Gasteiger partial charge in [-0.15, -0.1) is 0 Å². The molecule has 0 saturated heterocycles. The summed E-state index contributed by atoms with van der Waals surface area (Å²) in [5.74, 6) is 1.44. The number of carbonyl (C=O) groups excluding carboxylic acids is 2. The molecule has 0 heterocycles. The molecule has 0 aliphatic heterocycles. The summed E-state index contributed by atoms with van der Waals surface area (Å²) >= 11 is 0. The topological polar surface area (TPSA) is 106 Å². The van der Waals surface area contributed by atoms with Crippen LogP contribution < -0.4 is 19.3 Å². The number of hydrogen-bond acceptors (Lipinski definition) is 11. The largest absolute Gasteiger partial charge is 0.497 e.